The molecule has 0 fully saturated rings. The lowest BCUT2D eigenvalue weighted by molar-refractivity contribution is 0.393. The molecule has 1 atom stereocenters. The van der Waals surface area contributed by atoms with Gasteiger partial charge in [-0.15, -0.1) is 0 Å². The number of benzene rings is 2. The van der Waals surface area contributed by atoms with Gasteiger partial charge in [0.1, 0.15) is 17.2 Å². The summed E-state index contributed by atoms with van der Waals surface area (Å²) in [5.41, 5.74) is 8.08. The topological polar surface area (TPSA) is 53.7 Å². The van der Waals surface area contributed by atoms with E-state index in [1.807, 2.05) is 18.2 Å². The van der Waals surface area contributed by atoms with E-state index >= 15 is 0 Å². The molecular weight excluding hydrogens is 290 g/mol. The van der Waals surface area contributed by atoms with Crippen molar-refractivity contribution in [1.29, 1.82) is 0 Å². The molecule has 2 N–H and O–H groups in total. The molecule has 0 bridgehead atoms. The summed E-state index contributed by atoms with van der Waals surface area (Å²) in [6.45, 7) is 0. The van der Waals surface area contributed by atoms with Gasteiger partial charge >= 0.3 is 0 Å². The Morgan fingerprint density at radius 2 is 1.48 bits per heavy atom. The van der Waals surface area contributed by atoms with Crippen molar-refractivity contribution in [1.82, 2.24) is 0 Å². The van der Waals surface area contributed by atoms with Crippen LogP contribution in [0.3, 0.4) is 0 Å². The number of halogens is 1. The summed E-state index contributed by atoms with van der Waals surface area (Å²) in [6, 6.07) is 10.7. The minimum absolute atomic E-state index is 0.336. The van der Waals surface area contributed by atoms with E-state index in [4.69, 9.17) is 31.5 Å². The third-order valence-electron chi connectivity index (χ3n) is 3.27. The highest BCUT2D eigenvalue weighted by Crippen LogP contribution is 2.32. The zero-order chi connectivity index (χ0) is 15.4. The summed E-state index contributed by atoms with van der Waals surface area (Å²) in [4.78, 5) is 0. The van der Waals surface area contributed by atoms with Gasteiger partial charge in [-0.05, 0) is 35.4 Å². The first-order valence-corrected chi connectivity index (χ1v) is 6.78. The molecule has 0 aromatic heterocycles. The highest BCUT2D eigenvalue weighted by molar-refractivity contribution is 6.32. The lowest BCUT2D eigenvalue weighted by Crippen LogP contribution is -2.12. The number of nitrogens with two attached hydrogens (primary N) is 1. The Bertz CT molecular complexity index is 609. The van der Waals surface area contributed by atoms with Gasteiger partial charge in [0.15, 0.2) is 0 Å². The van der Waals surface area contributed by atoms with E-state index in [9.17, 15) is 0 Å². The Morgan fingerprint density at radius 3 is 1.95 bits per heavy atom. The van der Waals surface area contributed by atoms with Gasteiger partial charge in [-0.2, -0.15) is 0 Å². The highest BCUT2D eigenvalue weighted by atomic mass is 35.5. The number of ether oxygens (including phenoxy) is 3. The predicted molar refractivity (Wildman–Crippen MR) is 83.6 cm³/mol. The van der Waals surface area contributed by atoms with Crippen LogP contribution in [-0.2, 0) is 0 Å². The standard InChI is InChI=1S/C16H18ClNO3/c1-19-12-6-11(7-13(9-12)20-2)16(18)10-4-5-15(21-3)14(17)8-10/h4-9,16H,18H2,1-3H3. The largest absolute Gasteiger partial charge is 0.497 e. The van der Waals surface area contributed by atoms with Crippen LogP contribution in [0.5, 0.6) is 17.2 Å². The minimum atomic E-state index is -0.336. The van der Waals surface area contributed by atoms with Crippen LogP contribution >= 0.6 is 11.6 Å². The van der Waals surface area contributed by atoms with Gasteiger partial charge in [0.25, 0.3) is 0 Å². The molecule has 0 aliphatic carbocycles. The quantitative estimate of drug-likeness (QED) is 0.919. The summed E-state index contributed by atoms with van der Waals surface area (Å²) in [6.07, 6.45) is 0. The maximum absolute atomic E-state index is 6.31. The van der Waals surface area contributed by atoms with Crippen LogP contribution in [0.1, 0.15) is 17.2 Å². The smallest absolute Gasteiger partial charge is 0.137 e. The van der Waals surface area contributed by atoms with Crippen LogP contribution < -0.4 is 19.9 Å². The molecule has 1 unspecified atom stereocenters. The molecule has 0 saturated carbocycles. The van der Waals surface area contributed by atoms with Crippen LogP contribution in [0.4, 0.5) is 0 Å². The molecule has 2 rings (SSSR count). The summed E-state index contributed by atoms with van der Waals surface area (Å²) in [5.74, 6) is 2.01. The molecule has 0 aliphatic heterocycles. The molecule has 0 aliphatic rings. The second-order valence-corrected chi connectivity index (χ2v) is 4.92. The first-order chi connectivity index (χ1) is 10.1. The fourth-order valence-electron chi connectivity index (χ4n) is 2.08. The van der Waals surface area contributed by atoms with Crippen LogP contribution in [0, 0.1) is 0 Å². The van der Waals surface area contributed by atoms with Crippen molar-refractivity contribution in [2.24, 2.45) is 5.73 Å². The predicted octanol–water partition coefficient (Wildman–Crippen LogP) is 3.41. The monoisotopic (exact) mass is 307 g/mol. The average Bonchev–Trinajstić information content (AvgIpc) is 2.53. The van der Waals surface area contributed by atoms with Crippen molar-refractivity contribution in [2.75, 3.05) is 21.3 Å². The van der Waals surface area contributed by atoms with Crippen LogP contribution in [-0.4, -0.2) is 21.3 Å². The molecule has 5 heteroatoms. The second-order valence-electron chi connectivity index (χ2n) is 4.52. The van der Waals surface area contributed by atoms with Crippen LogP contribution in [0.15, 0.2) is 36.4 Å². The molecule has 0 spiro atoms. The number of rotatable bonds is 5. The van der Waals surface area contributed by atoms with Gasteiger partial charge in [-0.1, -0.05) is 17.7 Å². The van der Waals surface area contributed by atoms with E-state index < -0.39 is 0 Å². The van der Waals surface area contributed by atoms with Gasteiger partial charge in [0.2, 0.25) is 0 Å². The summed E-state index contributed by atoms with van der Waals surface area (Å²) >= 11 is 6.15. The maximum Gasteiger partial charge on any atom is 0.137 e. The fraction of sp³-hybridized carbons (Fsp3) is 0.250. The van der Waals surface area contributed by atoms with Crippen molar-refractivity contribution >= 4 is 11.6 Å². The van der Waals surface area contributed by atoms with E-state index in [-0.39, 0.29) is 6.04 Å². The Labute approximate surface area is 129 Å². The van der Waals surface area contributed by atoms with Crippen molar-refractivity contribution in [3.8, 4) is 17.2 Å². The van der Waals surface area contributed by atoms with Crippen molar-refractivity contribution in [2.45, 2.75) is 6.04 Å². The third-order valence-corrected chi connectivity index (χ3v) is 3.56. The molecule has 112 valence electrons. The van der Waals surface area contributed by atoms with Crippen molar-refractivity contribution < 1.29 is 14.2 Å². The zero-order valence-corrected chi connectivity index (χ0v) is 13.0. The average molecular weight is 308 g/mol. The molecular formula is C16H18ClNO3. The SMILES string of the molecule is COc1cc(OC)cc(C(N)c2ccc(OC)c(Cl)c2)c1. The molecule has 0 saturated heterocycles. The van der Waals surface area contributed by atoms with Gasteiger partial charge in [0, 0.05) is 6.07 Å². The van der Waals surface area contributed by atoms with Crippen LogP contribution in [0.2, 0.25) is 5.02 Å². The first-order valence-electron chi connectivity index (χ1n) is 6.41. The molecule has 2 aromatic rings. The Kier molecular flexibility index (Phi) is 4.94. The van der Waals surface area contributed by atoms with E-state index in [1.54, 1.807) is 39.5 Å². The van der Waals surface area contributed by atoms with E-state index in [2.05, 4.69) is 0 Å². The Hall–Kier alpha value is -1.91. The summed E-state index contributed by atoms with van der Waals surface area (Å²) < 4.78 is 15.7. The van der Waals surface area contributed by atoms with Crippen LogP contribution in [0.25, 0.3) is 0 Å². The minimum Gasteiger partial charge on any atom is -0.497 e. The first kappa shape index (κ1) is 15.5. The molecule has 4 nitrogen and oxygen atoms in total. The van der Waals surface area contributed by atoms with E-state index in [0.29, 0.717) is 22.3 Å². The second kappa shape index (κ2) is 6.70. The highest BCUT2D eigenvalue weighted by Gasteiger charge is 2.14. The number of hydrogen-bond donors (Lipinski definition) is 1. The molecule has 0 amide bonds. The lowest BCUT2D eigenvalue weighted by Gasteiger charge is -2.16. The summed E-state index contributed by atoms with van der Waals surface area (Å²) in [5, 5.41) is 0.528. The zero-order valence-electron chi connectivity index (χ0n) is 12.2. The van der Waals surface area contributed by atoms with Gasteiger partial charge in [-0.25, -0.2) is 0 Å². The number of methoxy groups -OCH3 is 3. The summed E-state index contributed by atoms with van der Waals surface area (Å²) in [7, 11) is 4.79. The van der Waals surface area contributed by atoms with E-state index in [1.165, 1.54) is 0 Å². The fourth-order valence-corrected chi connectivity index (χ4v) is 2.34. The molecule has 2 aromatic carbocycles. The molecule has 0 heterocycles. The molecule has 0 radical (unpaired) electrons. The third kappa shape index (κ3) is 3.40. The van der Waals surface area contributed by atoms with Crippen molar-refractivity contribution in [3.63, 3.8) is 0 Å². The van der Waals surface area contributed by atoms with Crippen molar-refractivity contribution in [3.05, 3.63) is 52.5 Å². The molecule has 21 heavy (non-hydrogen) atoms. The van der Waals surface area contributed by atoms with Gasteiger partial charge < -0.3 is 19.9 Å². The normalized spacial score (nSPS) is 11.9. The van der Waals surface area contributed by atoms with Gasteiger partial charge in [0.05, 0.1) is 32.4 Å². The Balaban J connectivity index is 2.39. The van der Waals surface area contributed by atoms with Gasteiger partial charge in [-0.3, -0.25) is 0 Å². The van der Waals surface area contributed by atoms with E-state index in [0.717, 1.165) is 11.1 Å². The lowest BCUT2D eigenvalue weighted by atomic mass is 9.99. The number of hydrogen-bond acceptors (Lipinski definition) is 4. The maximum atomic E-state index is 6.31. The Morgan fingerprint density at radius 1 is 0.857 bits per heavy atom.